The van der Waals surface area contributed by atoms with Crippen molar-refractivity contribution in [1.82, 2.24) is 9.21 Å². The largest absolute Gasteiger partial charge is 0.339 e. The molecule has 122 valence electrons. The molecule has 2 heterocycles. The molecule has 7 heteroatoms. The molecule has 0 fully saturated rings. The van der Waals surface area contributed by atoms with Crippen molar-refractivity contribution < 1.29 is 18.0 Å². The maximum absolute atomic E-state index is 12.4. The molecule has 0 aliphatic carbocycles. The van der Waals surface area contributed by atoms with Crippen LogP contribution in [-0.4, -0.2) is 49.1 Å². The number of benzene rings is 1. The van der Waals surface area contributed by atoms with E-state index in [4.69, 9.17) is 0 Å². The van der Waals surface area contributed by atoms with Crippen LogP contribution in [0.1, 0.15) is 30.1 Å². The van der Waals surface area contributed by atoms with Gasteiger partial charge in [0, 0.05) is 26.1 Å². The summed E-state index contributed by atoms with van der Waals surface area (Å²) in [5.41, 5.74) is 1.43. The Balaban J connectivity index is 1.70. The molecule has 0 N–H and O–H groups in total. The van der Waals surface area contributed by atoms with Crippen LogP contribution in [0.25, 0.3) is 0 Å². The first-order valence-corrected chi connectivity index (χ1v) is 8.95. The summed E-state index contributed by atoms with van der Waals surface area (Å²) in [7, 11) is -3.83. The zero-order valence-corrected chi connectivity index (χ0v) is 13.7. The maximum atomic E-state index is 12.4. The van der Waals surface area contributed by atoms with E-state index in [1.165, 1.54) is 17.7 Å². The number of carbonyl (C=O) groups excluding carboxylic acids is 2. The van der Waals surface area contributed by atoms with E-state index in [1.807, 2.05) is 13.0 Å². The summed E-state index contributed by atoms with van der Waals surface area (Å²) in [6, 6.07) is 6.13. The van der Waals surface area contributed by atoms with Crippen LogP contribution in [0.15, 0.2) is 40.8 Å². The van der Waals surface area contributed by atoms with E-state index in [9.17, 15) is 18.0 Å². The Morgan fingerprint density at radius 3 is 2.65 bits per heavy atom. The fraction of sp³-hybridized carbons (Fsp3) is 0.375. The number of amides is 2. The van der Waals surface area contributed by atoms with Crippen LogP contribution in [0.2, 0.25) is 0 Å². The topological polar surface area (TPSA) is 74.8 Å². The van der Waals surface area contributed by atoms with Crippen molar-refractivity contribution in [2.24, 2.45) is 0 Å². The highest BCUT2D eigenvalue weighted by molar-refractivity contribution is 7.90. The number of rotatable bonds is 3. The standard InChI is InChI=1S/C16H18N2O4S/c1-12-6-9-17(10-7-12)15(19)8-11-18-16(20)13-4-2-3-5-14(13)23(18,21)22/h2-6H,7-11H2,1H3. The maximum Gasteiger partial charge on any atom is 0.269 e. The average Bonchev–Trinajstić information content (AvgIpc) is 2.73. The molecule has 0 aromatic heterocycles. The van der Waals surface area contributed by atoms with Gasteiger partial charge in [0.1, 0.15) is 4.90 Å². The normalized spacial score (nSPS) is 19.5. The van der Waals surface area contributed by atoms with Gasteiger partial charge in [-0.15, -0.1) is 0 Å². The third-order valence-corrected chi connectivity index (χ3v) is 6.07. The van der Waals surface area contributed by atoms with Gasteiger partial charge in [0.05, 0.1) is 5.56 Å². The predicted octanol–water partition coefficient (Wildman–Crippen LogP) is 1.40. The zero-order chi connectivity index (χ0) is 16.6. The molecular weight excluding hydrogens is 316 g/mol. The van der Waals surface area contributed by atoms with Crippen LogP contribution in [-0.2, 0) is 14.8 Å². The summed E-state index contributed by atoms with van der Waals surface area (Å²) in [6.07, 6.45) is 2.83. The highest BCUT2D eigenvalue weighted by Crippen LogP contribution is 2.29. The van der Waals surface area contributed by atoms with E-state index in [0.29, 0.717) is 13.1 Å². The van der Waals surface area contributed by atoms with Gasteiger partial charge in [-0.2, -0.15) is 0 Å². The lowest BCUT2D eigenvalue weighted by Crippen LogP contribution is -2.38. The van der Waals surface area contributed by atoms with Crippen LogP contribution in [0.4, 0.5) is 0 Å². The summed E-state index contributed by atoms with van der Waals surface area (Å²) < 4.78 is 25.6. The van der Waals surface area contributed by atoms with Gasteiger partial charge in [-0.05, 0) is 25.5 Å². The Morgan fingerprint density at radius 2 is 2.00 bits per heavy atom. The summed E-state index contributed by atoms with van der Waals surface area (Å²) in [5, 5.41) is 0. The van der Waals surface area contributed by atoms with Crippen molar-refractivity contribution in [3.63, 3.8) is 0 Å². The van der Waals surface area contributed by atoms with E-state index >= 15 is 0 Å². The lowest BCUT2D eigenvalue weighted by atomic mass is 10.1. The van der Waals surface area contributed by atoms with Gasteiger partial charge < -0.3 is 4.90 Å². The first-order valence-electron chi connectivity index (χ1n) is 7.51. The quantitative estimate of drug-likeness (QED) is 0.783. The first-order chi connectivity index (χ1) is 10.9. The Bertz CT molecular complexity index is 798. The second-order valence-electron chi connectivity index (χ2n) is 5.77. The highest BCUT2D eigenvalue weighted by Gasteiger charge is 2.40. The Kier molecular flexibility index (Phi) is 3.97. The van der Waals surface area contributed by atoms with Gasteiger partial charge in [-0.1, -0.05) is 23.8 Å². The minimum absolute atomic E-state index is 0.00580. The molecule has 0 saturated carbocycles. The van der Waals surface area contributed by atoms with Crippen LogP contribution in [0.5, 0.6) is 0 Å². The van der Waals surface area contributed by atoms with E-state index in [-0.39, 0.29) is 29.3 Å². The van der Waals surface area contributed by atoms with Crippen molar-refractivity contribution >= 4 is 21.8 Å². The number of hydrogen-bond donors (Lipinski definition) is 0. The van der Waals surface area contributed by atoms with Crippen LogP contribution < -0.4 is 0 Å². The first kappa shape index (κ1) is 15.7. The van der Waals surface area contributed by atoms with Gasteiger partial charge in [-0.3, -0.25) is 9.59 Å². The molecule has 0 atom stereocenters. The monoisotopic (exact) mass is 334 g/mol. The molecular formula is C16H18N2O4S. The third-order valence-electron chi connectivity index (χ3n) is 4.23. The van der Waals surface area contributed by atoms with Gasteiger partial charge in [0.25, 0.3) is 15.9 Å². The molecule has 2 amide bonds. The van der Waals surface area contributed by atoms with E-state index in [0.717, 1.165) is 10.7 Å². The fourth-order valence-electron chi connectivity index (χ4n) is 2.80. The van der Waals surface area contributed by atoms with Crippen molar-refractivity contribution in [3.05, 3.63) is 41.5 Å². The molecule has 0 radical (unpaired) electrons. The second kappa shape index (κ2) is 5.81. The van der Waals surface area contributed by atoms with E-state index in [2.05, 4.69) is 0 Å². The SMILES string of the molecule is CC1=CCN(C(=O)CCN2C(=O)c3ccccc3S2(=O)=O)CC1. The van der Waals surface area contributed by atoms with Crippen molar-refractivity contribution in [2.75, 3.05) is 19.6 Å². The minimum atomic E-state index is -3.83. The molecule has 0 spiro atoms. The molecule has 3 rings (SSSR count). The smallest absolute Gasteiger partial charge is 0.269 e. The molecule has 2 aliphatic rings. The zero-order valence-electron chi connectivity index (χ0n) is 12.9. The Labute approximate surface area is 135 Å². The summed E-state index contributed by atoms with van der Waals surface area (Å²) in [6.45, 7) is 3.09. The summed E-state index contributed by atoms with van der Waals surface area (Å²) in [4.78, 5) is 26.2. The third kappa shape index (κ3) is 2.76. The molecule has 0 unspecified atom stereocenters. The minimum Gasteiger partial charge on any atom is -0.339 e. The van der Waals surface area contributed by atoms with Gasteiger partial charge in [0.2, 0.25) is 5.91 Å². The molecule has 0 saturated heterocycles. The molecule has 2 aliphatic heterocycles. The second-order valence-corrected chi connectivity index (χ2v) is 7.60. The molecule has 6 nitrogen and oxygen atoms in total. The molecule has 1 aromatic rings. The number of sulfonamides is 1. The van der Waals surface area contributed by atoms with E-state index < -0.39 is 15.9 Å². The number of hydrogen-bond acceptors (Lipinski definition) is 4. The Hall–Kier alpha value is -2.15. The molecule has 0 bridgehead atoms. The highest BCUT2D eigenvalue weighted by atomic mass is 32.2. The molecule has 1 aromatic carbocycles. The van der Waals surface area contributed by atoms with Crippen LogP contribution in [0.3, 0.4) is 0 Å². The number of nitrogens with zero attached hydrogens (tertiary/aromatic N) is 2. The lowest BCUT2D eigenvalue weighted by molar-refractivity contribution is -0.130. The van der Waals surface area contributed by atoms with Gasteiger partial charge >= 0.3 is 0 Å². The van der Waals surface area contributed by atoms with Crippen molar-refractivity contribution in [3.8, 4) is 0 Å². The van der Waals surface area contributed by atoms with Gasteiger partial charge in [-0.25, -0.2) is 12.7 Å². The fourth-order valence-corrected chi connectivity index (χ4v) is 4.37. The number of fused-ring (bicyclic) bond motifs is 1. The Morgan fingerprint density at radius 1 is 1.26 bits per heavy atom. The lowest BCUT2D eigenvalue weighted by Gasteiger charge is -2.26. The van der Waals surface area contributed by atoms with Crippen LogP contribution >= 0.6 is 0 Å². The predicted molar refractivity (Wildman–Crippen MR) is 84.2 cm³/mol. The number of carbonyl (C=O) groups is 2. The van der Waals surface area contributed by atoms with E-state index in [1.54, 1.807) is 17.0 Å². The van der Waals surface area contributed by atoms with Crippen LogP contribution in [0, 0.1) is 0 Å². The summed E-state index contributed by atoms with van der Waals surface area (Å²) in [5.74, 6) is -0.685. The van der Waals surface area contributed by atoms with Crippen molar-refractivity contribution in [1.29, 1.82) is 0 Å². The van der Waals surface area contributed by atoms with Crippen molar-refractivity contribution in [2.45, 2.75) is 24.7 Å². The molecule has 23 heavy (non-hydrogen) atoms. The summed E-state index contributed by atoms with van der Waals surface area (Å²) >= 11 is 0. The average molecular weight is 334 g/mol. The van der Waals surface area contributed by atoms with Gasteiger partial charge in [0.15, 0.2) is 0 Å².